The highest BCUT2D eigenvalue weighted by atomic mass is 32.2. The molecule has 0 heterocycles. The lowest BCUT2D eigenvalue weighted by Gasteiger charge is -2.19. The number of methoxy groups -OCH3 is 1. The van der Waals surface area contributed by atoms with Crippen molar-refractivity contribution in [2.75, 3.05) is 33.3 Å². The van der Waals surface area contributed by atoms with Gasteiger partial charge < -0.3 is 15.0 Å². The van der Waals surface area contributed by atoms with Crippen LogP contribution in [0.5, 0.6) is 5.75 Å². The van der Waals surface area contributed by atoms with E-state index in [9.17, 15) is 13.2 Å². The van der Waals surface area contributed by atoms with Crippen LogP contribution in [0.25, 0.3) is 0 Å². The molecule has 0 bridgehead atoms. The van der Waals surface area contributed by atoms with Gasteiger partial charge in [0.25, 0.3) is 5.91 Å². The summed E-state index contributed by atoms with van der Waals surface area (Å²) >= 11 is 0. The van der Waals surface area contributed by atoms with Gasteiger partial charge >= 0.3 is 0 Å². The molecule has 3 N–H and O–H groups in total. The smallest absolute Gasteiger partial charge is 0.255 e. The van der Waals surface area contributed by atoms with Crippen LogP contribution in [0.15, 0.2) is 23.1 Å². The van der Waals surface area contributed by atoms with Gasteiger partial charge in [-0.3, -0.25) is 4.79 Å². The number of hydrogen-bond donors (Lipinski definition) is 2. The Morgan fingerprint density at radius 3 is 2.52 bits per heavy atom. The van der Waals surface area contributed by atoms with E-state index in [0.717, 1.165) is 26.1 Å². The quantitative estimate of drug-likeness (QED) is 0.691. The monoisotopic (exact) mass is 343 g/mol. The lowest BCUT2D eigenvalue weighted by molar-refractivity contribution is 0.0945. The molecule has 1 aromatic carbocycles. The Bertz CT molecular complexity index is 632. The minimum Gasteiger partial charge on any atom is -0.496 e. The van der Waals surface area contributed by atoms with Crippen LogP contribution in [0.4, 0.5) is 0 Å². The van der Waals surface area contributed by atoms with E-state index in [-0.39, 0.29) is 16.4 Å². The average Bonchev–Trinajstić information content (AvgIpc) is 2.52. The van der Waals surface area contributed by atoms with E-state index in [4.69, 9.17) is 9.88 Å². The summed E-state index contributed by atoms with van der Waals surface area (Å²) in [5, 5.41) is 7.88. The number of ether oxygens (including phenoxy) is 1. The molecule has 0 saturated heterocycles. The molecule has 7 nitrogen and oxygen atoms in total. The van der Waals surface area contributed by atoms with Crippen molar-refractivity contribution >= 4 is 15.9 Å². The molecule has 8 heteroatoms. The van der Waals surface area contributed by atoms with Gasteiger partial charge in [-0.15, -0.1) is 0 Å². The summed E-state index contributed by atoms with van der Waals surface area (Å²) in [5.74, 6) is -0.0873. The van der Waals surface area contributed by atoms with Crippen LogP contribution in [0.2, 0.25) is 0 Å². The third-order valence-electron chi connectivity index (χ3n) is 3.44. The maximum atomic E-state index is 12.3. The van der Waals surface area contributed by atoms with E-state index in [1.165, 1.54) is 25.3 Å². The molecule has 0 radical (unpaired) electrons. The summed E-state index contributed by atoms with van der Waals surface area (Å²) in [6.45, 7) is 7.24. The number of nitrogens with one attached hydrogen (secondary N) is 1. The molecular weight excluding hydrogens is 318 g/mol. The second kappa shape index (κ2) is 8.85. The maximum Gasteiger partial charge on any atom is 0.255 e. The van der Waals surface area contributed by atoms with E-state index in [1.807, 2.05) is 0 Å². The van der Waals surface area contributed by atoms with Crippen molar-refractivity contribution in [1.29, 1.82) is 0 Å². The SMILES string of the molecule is CCCN(CC)CCNC(=O)c1cc(S(N)(=O)=O)ccc1OC. The van der Waals surface area contributed by atoms with Gasteiger partial charge in [-0.1, -0.05) is 13.8 Å². The summed E-state index contributed by atoms with van der Waals surface area (Å²) in [6, 6.07) is 3.96. The van der Waals surface area contributed by atoms with Crippen molar-refractivity contribution in [3.63, 3.8) is 0 Å². The topological polar surface area (TPSA) is 102 Å². The largest absolute Gasteiger partial charge is 0.496 e. The number of sulfonamides is 1. The van der Waals surface area contributed by atoms with Crippen molar-refractivity contribution in [2.45, 2.75) is 25.2 Å². The van der Waals surface area contributed by atoms with Gasteiger partial charge in [-0.25, -0.2) is 13.6 Å². The van der Waals surface area contributed by atoms with Gasteiger partial charge in [0.05, 0.1) is 17.6 Å². The van der Waals surface area contributed by atoms with Crippen LogP contribution in [0.1, 0.15) is 30.6 Å². The molecule has 0 fully saturated rings. The molecule has 1 amide bonds. The lowest BCUT2D eigenvalue weighted by Crippen LogP contribution is -2.35. The first-order chi connectivity index (χ1) is 10.8. The number of rotatable bonds is 9. The normalized spacial score (nSPS) is 11.5. The Balaban J connectivity index is 2.82. The van der Waals surface area contributed by atoms with E-state index in [0.29, 0.717) is 12.3 Å². The third kappa shape index (κ3) is 5.81. The number of hydrogen-bond acceptors (Lipinski definition) is 5. The van der Waals surface area contributed by atoms with E-state index >= 15 is 0 Å². The standard InChI is InChI=1S/C15H25N3O4S/c1-4-9-18(5-2)10-8-17-15(19)13-11-12(23(16,20)21)6-7-14(13)22-3/h6-7,11H,4-5,8-10H2,1-3H3,(H,17,19)(H2,16,20,21). The molecule has 0 aliphatic rings. The molecule has 0 aliphatic heterocycles. The van der Waals surface area contributed by atoms with Crippen molar-refractivity contribution < 1.29 is 17.9 Å². The predicted octanol–water partition coefficient (Wildman–Crippen LogP) is 0.804. The Hall–Kier alpha value is -1.64. The first kappa shape index (κ1) is 19.4. The van der Waals surface area contributed by atoms with Gasteiger partial charge in [0.1, 0.15) is 5.75 Å². The zero-order chi connectivity index (χ0) is 17.5. The molecule has 1 aromatic rings. The van der Waals surface area contributed by atoms with Crippen molar-refractivity contribution in [2.24, 2.45) is 5.14 Å². The Kier molecular flexibility index (Phi) is 7.47. The minimum atomic E-state index is -3.87. The summed E-state index contributed by atoms with van der Waals surface area (Å²) in [4.78, 5) is 14.4. The summed E-state index contributed by atoms with van der Waals surface area (Å²) in [5.41, 5.74) is 0.151. The van der Waals surface area contributed by atoms with Crippen LogP contribution in [-0.2, 0) is 10.0 Å². The number of nitrogens with zero attached hydrogens (tertiary/aromatic N) is 1. The zero-order valence-electron chi connectivity index (χ0n) is 13.8. The predicted molar refractivity (Wildman–Crippen MR) is 89.1 cm³/mol. The van der Waals surface area contributed by atoms with Gasteiger partial charge in [0.15, 0.2) is 0 Å². The molecule has 0 unspecified atom stereocenters. The fraction of sp³-hybridized carbons (Fsp3) is 0.533. The molecule has 23 heavy (non-hydrogen) atoms. The first-order valence-corrected chi connectivity index (χ1v) is 9.09. The van der Waals surface area contributed by atoms with Gasteiger partial charge in [-0.05, 0) is 37.7 Å². The fourth-order valence-electron chi connectivity index (χ4n) is 2.21. The Morgan fingerprint density at radius 1 is 1.30 bits per heavy atom. The van der Waals surface area contributed by atoms with Crippen molar-refractivity contribution in [3.05, 3.63) is 23.8 Å². The zero-order valence-corrected chi connectivity index (χ0v) is 14.6. The highest BCUT2D eigenvalue weighted by molar-refractivity contribution is 7.89. The van der Waals surface area contributed by atoms with Gasteiger partial charge in [0.2, 0.25) is 10.0 Å². The van der Waals surface area contributed by atoms with Crippen LogP contribution >= 0.6 is 0 Å². The number of likely N-dealkylation sites (N-methyl/N-ethyl adjacent to an activating group) is 1. The molecule has 0 aliphatic carbocycles. The Labute approximate surface area is 137 Å². The number of benzene rings is 1. The molecule has 0 atom stereocenters. The van der Waals surface area contributed by atoms with E-state index in [1.54, 1.807) is 0 Å². The molecule has 1 rings (SSSR count). The van der Waals surface area contributed by atoms with Crippen molar-refractivity contribution in [3.8, 4) is 5.75 Å². The highest BCUT2D eigenvalue weighted by Gasteiger charge is 2.17. The van der Waals surface area contributed by atoms with Crippen molar-refractivity contribution in [1.82, 2.24) is 10.2 Å². The van der Waals surface area contributed by atoms with Gasteiger partial charge in [-0.2, -0.15) is 0 Å². The second-order valence-electron chi connectivity index (χ2n) is 5.10. The summed E-state index contributed by atoms with van der Waals surface area (Å²) in [6.07, 6.45) is 1.05. The number of primary sulfonamides is 1. The second-order valence-corrected chi connectivity index (χ2v) is 6.66. The molecule has 0 spiro atoms. The highest BCUT2D eigenvalue weighted by Crippen LogP contribution is 2.21. The van der Waals surface area contributed by atoms with Crippen LogP contribution in [0, 0.1) is 0 Å². The summed E-state index contributed by atoms with van der Waals surface area (Å²) in [7, 11) is -2.45. The first-order valence-electron chi connectivity index (χ1n) is 7.54. The molecular formula is C15H25N3O4S. The third-order valence-corrected chi connectivity index (χ3v) is 4.36. The van der Waals surface area contributed by atoms with E-state index < -0.39 is 10.0 Å². The molecule has 130 valence electrons. The fourth-order valence-corrected chi connectivity index (χ4v) is 2.75. The number of nitrogens with two attached hydrogens (primary N) is 1. The van der Waals surface area contributed by atoms with E-state index in [2.05, 4.69) is 24.1 Å². The molecule has 0 aromatic heterocycles. The molecule has 0 saturated carbocycles. The lowest BCUT2D eigenvalue weighted by atomic mass is 10.2. The number of amides is 1. The Morgan fingerprint density at radius 2 is 2.00 bits per heavy atom. The average molecular weight is 343 g/mol. The van der Waals surface area contributed by atoms with Crippen LogP contribution < -0.4 is 15.2 Å². The van der Waals surface area contributed by atoms with Crippen LogP contribution in [-0.4, -0.2) is 52.5 Å². The minimum absolute atomic E-state index is 0.121. The summed E-state index contributed by atoms with van der Waals surface area (Å²) < 4.78 is 28.0. The number of carbonyl (C=O) groups excluding carboxylic acids is 1. The van der Waals surface area contributed by atoms with Gasteiger partial charge in [0, 0.05) is 13.1 Å². The van der Waals surface area contributed by atoms with Crippen LogP contribution in [0.3, 0.4) is 0 Å². The number of carbonyl (C=O) groups is 1. The maximum absolute atomic E-state index is 12.3.